The number of rotatable bonds is 6. The first-order valence-corrected chi connectivity index (χ1v) is 8.17. The number of carbonyl (C=O) groups excluding carboxylic acids is 1. The molecular formula is C12H17BrN2O3S. The lowest BCUT2D eigenvalue weighted by Crippen LogP contribution is -2.37. The van der Waals surface area contributed by atoms with Crippen molar-refractivity contribution in [3.05, 3.63) is 28.2 Å². The molecule has 19 heavy (non-hydrogen) atoms. The van der Waals surface area contributed by atoms with Gasteiger partial charge in [-0.05, 0) is 31.0 Å². The molecule has 0 aliphatic heterocycles. The highest BCUT2D eigenvalue weighted by Crippen LogP contribution is 2.20. The van der Waals surface area contributed by atoms with Gasteiger partial charge in [0, 0.05) is 11.0 Å². The maximum Gasteiger partial charge on any atom is 0.241 e. The van der Waals surface area contributed by atoms with Crippen molar-refractivity contribution in [3.8, 4) is 0 Å². The average Bonchev–Trinajstić information content (AvgIpc) is 2.36. The summed E-state index contributed by atoms with van der Waals surface area (Å²) in [5.74, 6) is -0.335. The Kier molecular flexibility index (Phi) is 5.96. The van der Waals surface area contributed by atoms with Crippen LogP contribution in [0.15, 0.2) is 27.6 Å². The second-order valence-electron chi connectivity index (χ2n) is 4.08. The number of carbonyl (C=O) groups is 1. The Labute approximate surface area is 122 Å². The first-order chi connectivity index (χ1) is 8.86. The zero-order valence-corrected chi connectivity index (χ0v) is 13.3. The lowest BCUT2D eigenvalue weighted by molar-refractivity contribution is -0.119. The van der Waals surface area contributed by atoms with Gasteiger partial charge in [0.2, 0.25) is 15.9 Å². The van der Waals surface area contributed by atoms with Crippen LogP contribution >= 0.6 is 15.9 Å². The second kappa shape index (κ2) is 7.02. The topological polar surface area (TPSA) is 75.3 Å². The molecule has 0 aliphatic rings. The molecule has 1 amide bonds. The summed E-state index contributed by atoms with van der Waals surface area (Å²) in [5, 5.41) is 2.61. The normalized spacial score (nSPS) is 11.3. The maximum atomic E-state index is 12.1. The summed E-state index contributed by atoms with van der Waals surface area (Å²) >= 11 is 3.23. The molecule has 0 heterocycles. The molecule has 1 aromatic carbocycles. The van der Waals surface area contributed by atoms with E-state index in [9.17, 15) is 13.2 Å². The maximum absolute atomic E-state index is 12.1. The molecule has 0 bridgehead atoms. The van der Waals surface area contributed by atoms with Crippen LogP contribution in [0.4, 0.5) is 0 Å². The van der Waals surface area contributed by atoms with Gasteiger partial charge >= 0.3 is 0 Å². The van der Waals surface area contributed by atoms with E-state index in [4.69, 9.17) is 0 Å². The van der Waals surface area contributed by atoms with Crippen molar-refractivity contribution in [2.24, 2.45) is 0 Å². The quantitative estimate of drug-likeness (QED) is 0.819. The molecule has 0 radical (unpaired) electrons. The average molecular weight is 349 g/mol. The molecular weight excluding hydrogens is 332 g/mol. The second-order valence-corrected chi connectivity index (χ2v) is 6.74. The van der Waals surface area contributed by atoms with Crippen molar-refractivity contribution >= 4 is 31.9 Å². The molecule has 0 aromatic heterocycles. The van der Waals surface area contributed by atoms with Crippen LogP contribution in [0.3, 0.4) is 0 Å². The molecule has 7 heteroatoms. The van der Waals surface area contributed by atoms with E-state index in [0.29, 0.717) is 16.6 Å². The fraction of sp³-hybridized carbons (Fsp3) is 0.417. The first-order valence-electron chi connectivity index (χ1n) is 5.89. The third kappa shape index (κ3) is 4.93. The number of amides is 1. The molecule has 0 saturated carbocycles. The minimum atomic E-state index is -3.67. The van der Waals surface area contributed by atoms with Crippen LogP contribution in [0.5, 0.6) is 0 Å². The third-order valence-electron chi connectivity index (χ3n) is 2.43. The van der Waals surface area contributed by atoms with Gasteiger partial charge < -0.3 is 5.32 Å². The summed E-state index contributed by atoms with van der Waals surface area (Å²) in [5.41, 5.74) is 0.629. The predicted molar refractivity (Wildman–Crippen MR) is 77.4 cm³/mol. The highest BCUT2D eigenvalue weighted by Gasteiger charge is 2.18. The summed E-state index contributed by atoms with van der Waals surface area (Å²) in [6.45, 7) is 3.91. The van der Waals surface area contributed by atoms with Gasteiger partial charge in [0.25, 0.3) is 0 Å². The number of benzene rings is 1. The summed E-state index contributed by atoms with van der Waals surface area (Å²) in [6.07, 6.45) is 0.809. The number of aryl methyl sites for hydroxylation is 1. The summed E-state index contributed by atoms with van der Waals surface area (Å²) in [7, 11) is -3.67. The molecule has 0 saturated heterocycles. The van der Waals surface area contributed by atoms with Crippen LogP contribution in [-0.2, 0) is 14.8 Å². The Morgan fingerprint density at radius 3 is 2.68 bits per heavy atom. The Bertz CT molecular complexity index is 558. The summed E-state index contributed by atoms with van der Waals surface area (Å²) in [6, 6.07) is 4.99. The van der Waals surface area contributed by atoms with Crippen LogP contribution in [-0.4, -0.2) is 27.4 Å². The lowest BCUT2D eigenvalue weighted by Gasteiger charge is -2.09. The van der Waals surface area contributed by atoms with E-state index in [1.165, 1.54) is 6.07 Å². The van der Waals surface area contributed by atoms with Gasteiger partial charge in [-0.2, -0.15) is 0 Å². The number of hydrogen-bond donors (Lipinski definition) is 2. The minimum Gasteiger partial charge on any atom is -0.355 e. The standard InChI is InChI=1S/C12H17BrN2O3S/c1-3-6-14-12(16)8-15-19(17,18)11-7-10(13)5-4-9(11)2/h4-5,7,15H,3,6,8H2,1-2H3,(H,14,16). The largest absolute Gasteiger partial charge is 0.355 e. The van der Waals surface area contributed by atoms with Crippen LogP contribution < -0.4 is 10.0 Å². The molecule has 0 aliphatic carbocycles. The zero-order valence-electron chi connectivity index (χ0n) is 10.9. The zero-order chi connectivity index (χ0) is 14.5. The summed E-state index contributed by atoms with van der Waals surface area (Å²) < 4.78 is 27.1. The van der Waals surface area contributed by atoms with Crippen molar-refractivity contribution < 1.29 is 13.2 Å². The highest BCUT2D eigenvalue weighted by atomic mass is 79.9. The predicted octanol–water partition coefficient (Wildman–Crippen LogP) is 1.56. The smallest absolute Gasteiger partial charge is 0.241 e. The van der Waals surface area contributed by atoms with Crippen molar-refractivity contribution in [1.82, 2.24) is 10.0 Å². The number of hydrogen-bond acceptors (Lipinski definition) is 3. The van der Waals surface area contributed by atoms with Gasteiger partial charge in [-0.3, -0.25) is 4.79 Å². The van der Waals surface area contributed by atoms with Gasteiger partial charge in [0.05, 0.1) is 11.4 Å². The number of nitrogens with one attached hydrogen (secondary N) is 2. The monoisotopic (exact) mass is 348 g/mol. The fourth-order valence-electron chi connectivity index (χ4n) is 1.43. The molecule has 2 N–H and O–H groups in total. The minimum absolute atomic E-state index is 0.171. The van der Waals surface area contributed by atoms with Crippen molar-refractivity contribution in [2.75, 3.05) is 13.1 Å². The van der Waals surface area contributed by atoms with Gasteiger partial charge in [-0.15, -0.1) is 0 Å². The molecule has 106 valence electrons. The molecule has 5 nitrogen and oxygen atoms in total. The van der Waals surface area contributed by atoms with Crippen molar-refractivity contribution in [3.63, 3.8) is 0 Å². The van der Waals surface area contributed by atoms with Crippen molar-refractivity contribution in [1.29, 1.82) is 0 Å². The van der Waals surface area contributed by atoms with E-state index in [-0.39, 0.29) is 17.3 Å². The van der Waals surface area contributed by atoms with E-state index in [0.717, 1.165) is 6.42 Å². The molecule has 0 fully saturated rings. The SMILES string of the molecule is CCCNC(=O)CNS(=O)(=O)c1cc(Br)ccc1C. The Balaban J connectivity index is 2.76. The van der Waals surface area contributed by atoms with E-state index < -0.39 is 10.0 Å². The molecule has 0 atom stereocenters. The lowest BCUT2D eigenvalue weighted by atomic mass is 10.2. The van der Waals surface area contributed by atoms with E-state index in [1.54, 1.807) is 19.1 Å². The van der Waals surface area contributed by atoms with E-state index >= 15 is 0 Å². The van der Waals surface area contributed by atoms with Crippen LogP contribution in [0, 0.1) is 6.92 Å². The van der Waals surface area contributed by atoms with E-state index in [2.05, 4.69) is 26.0 Å². The third-order valence-corrected chi connectivity index (χ3v) is 4.47. The molecule has 1 aromatic rings. The molecule has 1 rings (SSSR count). The number of halogens is 1. The first kappa shape index (κ1) is 16.1. The number of sulfonamides is 1. The van der Waals surface area contributed by atoms with Crippen molar-refractivity contribution in [2.45, 2.75) is 25.2 Å². The summed E-state index contributed by atoms with van der Waals surface area (Å²) in [4.78, 5) is 11.6. The Morgan fingerprint density at radius 2 is 2.05 bits per heavy atom. The molecule has 0 spiro atoms. The fourth-order valence-corrected chi connectivity index (χ4v) is 3.19. The Morgan fingerprint density at radius 1 is 1.37 bits per heavy atom. The molecule has 0 unspecified atom stereocenters. The van der Waals surface area contributed by atoms with Gasteiger partial charge in [0.1, 0.15) is 0 Å². The highest BCUT2D eigenvalue weighted by molar-refractivity contribution is 9.10. The van der Waals surface area contributed by atoms with Crippen LogP contribution in [0.25, 0.3) is 0 Å². The van der Waals surface area contributed by atoms with Gasteiger partial charge in [0.15, 0.2) is 0 Å². The van der Waals surface area contributed by atoms with Gasteiger partial charge in [-0.1, -0.05) is 28.9 Å². The van der Waals surface area contributed by atoms with Crippen LogP contribution in [0.2, 0.25) is 0 Å². The van der Waals surface area contributed by atoms with E-state index in [1.807, 2.05) is 6.92 Å². The van der Waals surface area contributed by atoms with Gasteiger partial charge in [-0.25, -0.2) is 13.1 Å². The van der Waals surface area contributed by atoms with Crippen LogP contribution in [0.1, 0.15) is 18.9 Å². The Hall–Kier alpha value is -0.920.